The molecule has 0 bridgehead atoms. The van der Waals surface area contributed by atoms with Crippen molar-refractivity contribution in [2.75, 3.05) is 27.7 Å². The van der Waals surface area contributed by atoms with E-state index in [1.807, 2.05) is 31.1 Å². The third kappa shape index (κ3) is 5.70. The molecular weight excluding hydrogens is 326 g/mol. The largest absolute Gasteiger partial charge is 0.355 e. The van der Waals surface area contributed by atoms with Crippen LogP contribution in [-0.2, 0) is 17.9 Å². The Morgan fingerprint density at radius 1 is 0.885 bits per heavy atom. The molecule has 1 N–H and O–H groups in total. The van der Waals surface area contributed by atoms with Gasteiger partial charge in [0.05, 0.1) is 6.54 Å². The lowest BCUT2D eigenvalue weighted by Gasteiger charge is -2.22. The zero-order chi connectivity index (χ0) is 19.1. The Balaban J connectivity index is 1.85. The third-order valence-electron chi connectivity index (χ3n) is 4.27. The van der Waals surface area contributed by atoms with E-state index in [-0.39, 0.29) is 11.8 Å². The number of carbonyl (C=O) groups is 2. The first kappa shape index (κ1) is 19.7. The minimum atomic E-state index is -0.0992. The number of rotatable bonds is 7. The van der Waals surface area contributed by atoms with Gasteiger partial charge in [0, 0.05) is 32.7 Å². The van der Waals surface area contributed by atoms with Crippen LogP contribution in [0.2, 0.25) is 0 Å². The summed E-state index contributed by atoms with van der Waals surface area (Å²) in [6, 6.07) is 15.7. The fraction of sp³-hybridized carbons (Fsp3) is 0.333. The topological polar surface area (TPSA) is 52.7 Å². The van der Waals surface area contributed by atoms with Crippen LogP contribution in [0, 0.1) is 6.92 Å². The maximum Gasteiger partial charge on any atom is 0.251 e. The molecular formula is C21H27N3O2. The molecule has 2 aromatic carbocycles. The Kier molecular flexibility index (Phi) is 6.92. The summed E-state index contributed by atoms with van der Waals surface area (Å²) in [5, 5.41) is 2.60. The molecule has 0 aromatic heterocycles. The standard InChI is InChI=1S/C21H27N3O2/c1-16-5-7-18(8-6-16)14-24(4)20(25)15-23(3)13-17-9-11-19(12-10-17)21(26)22-2/h5-12H,13-15H2,1-4H3,(H,22,26). The molecule has 26 heavy (non-hydrogen) atoms. The molecule has 0 atom stereocenters. The summed E-state index contributed by atoms with van der Waals surface area (Å²) in [4.78, 5) is 27.7. The summed E-state index contributed by atoms with van der Waals surface area (Å²) in [6.07, 6.45) is 0. The minimum Gasteiger partial charge on any atom is -0.355 e. The Bertz CT molecular complexity index is 739. The minimum absolute atomic E-state index is 0.0788. The van der Waals surface area contributed by atoms with Crippen LogP contribution in [0.3, 0.4) is 0 Å². The van der Waals surface area contributed by atoms with E-state index in [0.29, 0.717) is 25.2 Å². The number of likely N-dealkylation sites (N-methyl/N-ethyl adjacent to an activating group) is 2. The zero-order valence-electron chi connectivity index (χ0n) is 16.0. The van der Waals surface area contributed by atoms with Crippen LogP contribution in [0.1, 0.15) is 27.0 Å². The van der Waals surface area contributed by atoms with Gasteiger partial charge in [0.15, 0.2) is 0 Å². The van der Waals surface area contributed by atoms with E-state index in [1.54, 1.807) is 24.1 Å². The van der Waals surface area contributed by atoms with E-state index < -0.39 is 0 Å². The van der Waals surface area contributed by atoms with Crippen molar-refractivity contribution >= 4 is 11.8 Å². The molecule has 0 spiro atoms. The molecule has 2 amide bonds. The van der Waals surface area contributed by atoms with Crippen molar-refractivity contribution in [1.82, 2.24) is 15.1 Å². The van der Waals surface area contributed by atoms with Gasteiger partial charge in [-0.05, 0) is 37.2 Å². The lowest BCUT2D eigenvalue weighted by Crippen LogP contribution is -2.36. The summed E-state index contributed by atoms with van der Waals surface area (Å²) >= 11 is 0. The van der Waals surface area contributed by atoms with Crippen molar-refractivity contribution in [3.63, 3.8) is 0 Å². The van der Waals surface area contributed by atoms with E-state index >= 15 is 0 Å². The van der Waals surface area contributed by atoms with Gasteiger partial charge in [-0.3, -0.25) is 14.5 Å². The molecule has 0 aliphatic carbocycles. The number of nitrogens with zero attached hydrogens (tertiary/aromatic N) is 2. The average Bonchev–Trinajstić information content (AvgIpc) is 2.63. The maximum absolute atomic E-state index is 12.4. The predicted octanol–water partition coefficient (Wildman–Crippen LogP) is 2.45. The normalized spacial score (nSPS) is 10.7. The van der Waals surface area contributed by atoms with Crippen molar-refractivity contribution in [3.05, 3.63) is 70.8 Å². The molecule has 0 unspecified atom stereocenters. The van der Waals surface area contributed by atoms with Crippen LogP contribution in [0.4, 0.5) is 0 Å². The van der Waals surface area contributed by atoms with Crippen molar-refractivity contribution in [2.24, 2.45) is 0 Å². The van der Waals surface area contributed by atoms with E-state index in [2.05, 4.69) is 36.5 Å². The molecule has 5 heteroatoms. The van der Waals surface area contributed by atoms with Gasteiger partial charge in [-0.2, -0.15) is 0 Å². The van der Waals surface area contributed by atoms with Gasteiger partial charge in [0.25, 0.3) is 5.91 Å². The third-order valence-corrected chi connectivity index (χ3v) is 4.27. The van der Waals surface area contributed by atoms with Crippen LogP contribution in [0.25, 0.3) is 0 Å². The molecule has 2 aromatic rings. The maximum atomic E-state index is 12.4. The quantitative estimate of drug-likeness (QED) is 0.832. The number of carbonyl (C=O) groups excluding carboxylic acids is 2. The van der Waals surface area contributed by atoms with E-state index in [4.69, 9.17) is 0 Å². The molecule has 0 fully saturated rings. The number of aryl methyl sites for hydroxylation is 1. The number of hydrogen-bond acceptors (Lipinski definition) is 3. The Morgan fingerprint density at radius 2 is 1.42 bits per heavy atom. The first-order valence-corrected chi connectivity index (χ1v) is 8.68. The highest BCUT2D eigenvalue weighted by molar-refractivity contribution is 5.93. The molecule has 0 radical (unpaired) electrons. The fourth-order valence-electron chi connectivity index (χ4n) is 2.68. The molecule has 138 valence electrons. The van der Waals surface area contributed by atoms with Crippen LogP contribution < -0.4 is 5.32 Å². The van der Waals surface area contributed by atoms with Crippen molar-refractivity contribution in [2.45, 2.75) is 20.0 Å². The number of amides is 2. The van der Waals surface area contributed by atoms with Crippen molar-refractivity contribution < 1.29 is 9.59 Å². The monoisotopic (exact) mass is 353 g/mol. The summed E-state index contributed by atoms with van der Waals surface area (Å²) in [7, 11) is 5.36. The number of hydrogen-bond donors (Lipinski definition) is 1. The lowest BCUT2D eigenvalue weighted by molar-refractivity contribution is -0.131. The number of benzene rings is 2. The Labute approximate surface area is 155 Å². The van der Waals surface area contributed by atoms with Gasteiger partial charge in [0.1, 0.15) is 0 Å². The van der Waals surface area contributed by atoms with E-state index in [9.17, 15) is 9.59 Å². The average molecular weight is 353 g/mol. The molecule has 0 saturated heterocycles. The SMILES string of the molecule is CNC(=O)c1ccc(CN(C)CC(=O)N(C)Cc2ccc(C)cc2)cc1. The van der Waals surface area contributed by atoms with Gasteiger partial charge in [-0.1, -0.05) is 42.0 Å². The van der Waals surface area contributed by atoms with Crippen LogP contribution in [0.15, 0.2) is 48.5 Å². The number of nitrogens with one attached hydrogen (secondary N) is 1. The smallest absolute Gasteiger partial charge is 0.251 e. The Hall–Kier alpha value is -2.66. The van der Waals surface area contributed by atoms with E-state index in [1.165, 1.54) is 5.56 Å². The van der Waals surface area contributed by atoms with Gasteiger partial charge in [0.2, 0.25) is 5.91 Å². The highest BCUT2D eigenvalue weighted by Gasteiger charge is 2.13. The van der Waals surface area contributed by atoms with Crippen LogP contribution in [0.5, 0.6) is 0 Å². The zero-order valence-corrected chi connectivity index (χ0v) is 16.0. The summed E-state index contributed by atoms with van der Waals surface area (Å²) in [5.74, 6) is -0.0205. The van der Waals surface area contributed by atoms with Crippen LogP contribution in [-0.4, -0.2) is 49.3 Å². The molecule has 0 aliphatic heterocycles. The van der Waals surface area contributed by atoms with Gasteiger partial charge in [-0.15, -0.1) is 0 Å². The second-order valence-electron chi connectivity index (χ2n) is 6.68. The molecule has 5 nitrogen and oxygen atoms in total. The second kappa shape index (κ2) is 9.15. The van der Waals surface area contributed by atoms with Crippen molar-refractivity contribution in [3.8, 4) is 0 Å². The summed E-state index contributed by atoms with van der Waals surface area (Å²) in [6.45, 7) is 3.65. The van der Waals surface area contributed by atoms with Gasteiger partial charge in [-0.25, -0.2) is 0 Å². The van der Waals surface area contributed by atoms with Gasteiger partial charge < -0.3 is 10.2 Å². The lowest BCUT2D eigenvalue weighted by atomic mass is 10.1. The van der Waals surface area contributed by atoms with Crippen LogP contribution >= 0.6 is 0 Å². The first-order chi connectivity index (χ1) is 12.4. The Morgan fingerprint density at radius 3 is 2.00 bits per heavy atom. The highest BCUT2D eigenvalue weighted by Crippen LogP contribution is 2.09. The molecule has 0 heterocycles. The summed E-state index contributed by atoms with van der Waals surface area (Å²) < 4.78 is 0. The molecule has 0 aliphatic rings. The first-order valence-electron chi connectivity index (χ1n) is 8.68. The fourth-order valence-corrected chi connectivity index (χ4v) is 2.68. The highest BCUT2D eigenvalue weighted by atomic mass is 16.2. The van der Waals surface area contributed by atoms with E-state index in [0.717, 1.165) is 11.1 Å². The van der Waals surface area contributed by atoms with Crippen molar-refractivity contribution in [1.29, 1.82) is 0 Å². The second-order valence-corrected chi connectivity index (χ2v) is 6.68. The molecule has 2 rings (SSSR count). The van der Waals surface area contributed by atoms with Gasteiger partial charge >= 0.3 is 0 Å². The predicted molar refractivity (Wildman–Crippen MR) is 104 cm³/mol. The summed E-state index contributed by atoms with van der Waals surface area (Å²) in [5.41, 5.74) is 4.03. The molecule has 0 saturated carbocycles.